The van der Waals surface area contributed by atoms with Crippen molar-refractivity contribution in [3.63, 3.8) is 0 Å². The summed E-state index contributed by atoms with van der Waals surface area (Å²) in [6.45, 7) is 0. The molecule has 4 aromatic rings. The molecular weight excluding hydrogens is 311 g/mol. The molecule has 2 aromatic heterocycles. The van der Waals surface area contributed by atoms with Gasteiger partial charge in [-0.3, -0.25) is 0 Å². The van der Waals surface area contributed by atoms with Crippen molar-refractivity contribution in [3.8, 4) is 22.5 Å². The first-order valence-corrected chi connectivity index (χ1v) is 8.34. The number of hydrogen-bond acceptors (Lipinski definition) is 1. The van der Waals surface area contributed by atoms with Crippen LogP contribution < -0.4 is 0 Å². The Bertz CT molecular complexity index is 844. The Labute approximate surface area is 123 Å². The van der Waals surface area contributed by atoms with Crippen LogP contribution in [0.1, 0.15) is 0 Å². The van der Waals surface area contributed by atoms with Crippen molar-refractivity contribution >= 4 is 19.0 Å². The van der Waals surface area contributed by atoms with Crippen molar-refractivity contribution in [2.24, 2.45) is 0 Å². The number of fused-ring (bicyclic) bond motifs is 1. The summed E-state index contributed by atoms with van der Waals surface area (Å²) in [4.78, 5) is 7.08. The zero-order chi connectivity index (χ0) is 13.4. The van der Waals surface area contributed by atoms with E-state index in [-0.39, 0.29) is 0 Å². The molecule has 3 heteroatoms. The number of benzene rings is 2. The molecule has 0 aliphatic rings. The molecule has 20 heavy (non-hydrogen) atoms. The van der Waals surface area contributed by atoms with Gasteiger partial charge in [-0.25, -0.2) is 0 Å². The first-order chi connectivity index (χ1) is 9.92. The van der Waals surface area contributed by atoms with Crippen LogP contribution in [-0.2, 0) is 0 Å². The molecule has 0 N–H and O–H groups in total. The van der Waals surface area contributed by atoms with Crippen molar-refractivity contribution in [1.82, 2.24) is 9.38 Å². The molecule has 0 spiro atoms. The summed E-state index contributed by atoms with van der Waals surface area (Å²) in [5.41, 5.74) is 4.75. The fraction of sp³-hybridized carbons (Fsp3) is 0. The molecule has 0 saturated heterocycles. The minimum absolute atomic E-state index is 0.318. The number of hydrogen-bond donors (Lipinski definition) is 0. The third-order valence-corrected chi connectivity index (χ3v) is 5.11. The molecule has 2 nitrogen and oxygen atoms in total. The van der Waals surface area contributed by atoms with Crippen LogP contribution in [0.25, 0.3) is 27.0 Å². The molecule has 0 amide bonds. The van der Waals surface area contributed by atoms with Crippen LogP contribution in [0, 0.1) is 0 Å². The van der Waals surface area contributed by atoms with E-state index in [1.54, 1.807) is 0 Å². The second-order valence-corrected chi connectivity index (χ2v) is 6.39. The third kappa shape index (κ3) is 1.92. The summed E-state index contributed by atoms with van der Waals surface area (Å²) in [5, 5.41) is 0. The van der Waals surface area contributed by atoms with E-state index >= 15 is 0 Å². The molecule has 2 aromatic carbocycles. The average Bonchev–Trinajstić information content (AvgIpc) is 3.09. The van der Waals surface area contributed by atoms with Crippen LogP contribution in [0.15, 0.2) is 71.8 Å². The van der Waals surface area contributed by atoms with Gasteiger partial charge in [0.25, 0.3) is 0 Å². The van der Waals surface area contributed by atoms with Crippen LogP contribution in [0.4, 0.5) is 0 Å². The summed E-state index contributed by atoms with van der Waals surface area (Å²) < 4.78 is 3.41. The summed E-state index contributed by atoms with van der Waals surface area (Å²) >= 11 is 0.318. The van der Waals surface area contributed by atoms with Gasteiger partial charge >= 0.3 is 123 Å². The fourth-order valence-corrected chi connectivity index (χ4v) is 4.20. The van der Waals surface area contributed by atoms with E-state index < -0.39 is 0 Å². The molecule has 0 fully saturated rings. The predicted octanol–water partition coefficient (Wildman–Crippen LogP) is 3.73. The average molecular weight is 323 g/mol. The molecule has 0 radical (unpaired) electrons. The summed E-state index contributed by atoms with van der Waals surface area (Å²) in [5.74, 6) is 0. The Balaban J connectivity index is 1.88. The van der Waals surface area contributed by atoms with E-state index in [2.05, 4.69) is 64.1 Å². The second-order valence-electron chi connectivity index (χ2n) is 4.63. The van der Waals surface area contributed by atoms with Crippen molar-refractivity contribution in [3.05, 3.63) is 71.8 Å². The maximum absolute atomic E-state index is 4.78. The van der Waals surface area contributed by atoms with E-state index in [4.69, 9.17) is 4.98 Å². The van der Waals surface area contributed by atoms with Gasteiger partial charge in [0.15, 0.2) is 0 Å². The van der Waals surface area contributed by atoms with Crippen molar-refractivity contribution in [2.45, 2.75) is 0 Å². The van der Waals surface area contributed by atoms with Gasteiger partial charge in [-0.05, 0) is 0 Å². The third-order valence-electron chi connectivity index (χ3n) is 3.35. The first kappa shape index (κ1) is 11.7. The molecular formula is C17H12N2Se. The number of imidazole rings is 1. The Kier molecular flexibility index (Phi) is 2.80. The van der Waals surface area contributed by atoms with Crippen LogP contribution in [0.5, 0.6) is 0 Å². The molecule has 0 aliphatic carbocycles. The summed E-state index contributed by atoms with van der Waals surface area (Å²) in [7, 11) is 0. The van der Waals surface area contributed by atoms with Crippen molar-refractivity contribution in [1.29, 1.82) is 0 Å². The topological polar surface area (TPSA) is 17.3 Å². The van der Waals surface area contributed by atoms with Gasteiger partial charge in [-0.2, -0.15) is 0 Å². The number of rotatable bonds is 2. The summed E-state index contributed by atoms with van der Waals surface area (Å²) in [6.07, 6.45) is 2.15. The number of aromatic nitrogens is 2. The van der Waals surface area contributed by atoms with Gasteiger partial charge < -0.3 is 0 Å². The molecule has 2 heterocycles. The molecule has 0 bridgehead atoms. The van der Waals surface area contributed by atoms with E-state index in [1.807, 2.05) is 12.1 Å². The van der Waals surface area contributed by atoms with Crippen LogP contribution in [-0.4, -0.2) is 23.9 Å². The second kappa shape index (κ2) is 4.78. The van der Waals surface area contributed by atoms with Gasteiger partial charge in [0.2, 0.25) is 0 Å². The maximum atomic E-state index is 4.78. The predicted molar refractivity (Wildman–Crippen MR) is 83.0 cm³/mol. The monoisotopic (exact) mass is 324 g/mol. The van der Waals surface area contributed by atoms with Crippen molar-refractivity contribution in [2.75, 3.05) is 0 Å². The van der Waals surface area contributed by atoms with E-state index in [0.29, 0.717) is 14.5 Å². The minimum atomic E-state index is 0.318. The quantitative estimate of drug-likeness (QED) is 0.514. The van der Waals surface area contributed by atoms with Crippen LogP contribution >= 0.6 is 0 Å². The van der Waals surface area contributed by atoms with Gasteiger partial charge in [0.05, 0.1) is 0 Å². The molecule has 0 saturated carbocycles. The zero-order valence-electron chi connectivity index (χ0n) is 10.7. The Morgan fingerprint density at radius 2 is 1.45 bits per heavy atom. The molecule has 96 valence electrons. The summed E-state index contributed by atoms with van der Waals surface area (Å²) in [6, 6.07) is 20.9. The van der Waals surface area contributed by atoms with Gasteiger partial charge in [-0.1, -0.05) is 0 Å². The van der Waals surface area contributed by atoms with E-state index in [1.165, 1.54) is 21.3 Å². The molecule has 4 rings (SSSR count). The van der Waals surface area contributed by atoms with Gasteiger partial charge in [-0.15, -0.1) is 0 Å². The van der Waals surface area contributed by atoms with Crippen LogP contribution in [0.2, 0.25) is 0 Å². The Hall–Kier alpha value is -2.09. The Morgan fingerprint density at radius 3 is 2.15 bits per heavy atom. The first-order valence-electron chi connectivity index (χ1n) is 6.49. The fourth-order valence-electron chi connectivity index (χ4n) is 2.35. The molecule has 0 atom stereocenters. The van der Waals surface area contributed by atoms with Crippen molar-refractivity contribution < 1.29 is 0 Å². The van der Waals surface area contributed by atoms with Gasteiger partial charge in [0.1, 0.15) is 0 Å². The van der Waals surface area contributed by atoms with E-state index in [9.17, 15) is 0 Å². The molecule has 0 unspecified atom stereocenters. The molecule has 0 aliphatic heterocycles. The SMILES string of the molecule is c1ccc(-c2cn3c(-c4ccccc4)c[se]c3n2)cc1. The zero-order valence-corrected chi connectivity index (χ0v) is 12.4. The normalized spacial score (nSPS) is 11.0. The van der Waals surface area contributed by atoms with Gasteiger partial charge in [0, 0.05) is 0 Å². The standard InChI is InChI=1S/C17H12N2Se/c1-3-7-13(8-4-1)15-11-19-16(12-20-17(19)18-15)14-9-5-2-6-10-14/h1-12H. The number of nitrogens with zero attached hydrogens (tertiary/aromatic N) is 2. The Morgan fingerprint density at radius 1 is 0.800 bits per heavy atom. The van der Waals surface area contributed by atoms with E-state index in [0.717, 1.165) is 5.69 Å². The van der Waals surface area contributed by atoms with Crippen LogP contribution in [0.3, 0.4) is 0 Å².